The molecule has 1 aliphatic rings. The summed E-state index contributed by atoms with van der Waals surface area (Å²) < 4.78 is 20.4. The van der Waals surface area contributed by atoms with Gasteiger partial charge in [0.1, 0.15) is 28.2 Å². The Bertz CT molecular complexity index is 4850. The van der Waals surface area contributed by atoms with E-state index < -0.39 is 0 Å². The molecule has 0 amide bonds. The largest absolute Gasteiger partial charge is 0.457 e. The molecule has 0 fully saturated rings. The van der Waals surface area contributed by atoms with Gasteiger partial charge in [-0.15, -0.1) is 0 Å². The maximum atomic E-state index is 7.03. The molecule has 13 aromatic carbocycles. The second kappa shape index (κ2) is 17.2. The number of para-hydroxylation sites is 5. The molecule has 5 heteroatoms. The maximum Gasteiger partial charge on any atom is 0.246 e. The average Bonchev–Trinajstić information content (AvgIpc) is 4.20. The van der Waals surface area contributed by atoms with Gasteiger partial charge in [0.05, 0.1) is 11.4 Å². The van der Waals surface area contributed by atoms with E-state index in [9.17, 15) is 0 Å². The SMILES string of the molecule is c1ccc(-c2ccccc2B(c2ccc(-c3cc4c5cccc6c5c(cc4c4ccccc34)-c3ccc(N(c4ccccc4)c4cccc5c4oc4ccccc45)cc3O6)cc2)c2cccc3c2oc2ccccc23)cc1. The normalized spacial score (nSPS) is 12.0. The van der Waals surface area contributed by atoms with Gasteiger partial charge in [0, 0.05) is 44.2 Å². The summed E-state index contributed by atoms with van der Waals surface area (Å²) in [6, 6.07) is 95.8. The summed E-state index contributed by atoms with van der Waals surface area (Å²) >= 11 is 0. The van der Waals surface area contributed by atoms with Crippen molar-refractivity contribution < 1.29 is 13.6 Å². The van der Waals surface area contributed by atoms with Crippen LogP contribution in [0.4, 0.5) is 17.1 Å². The fourth-order valence-electron chi connectivity index (χ4n) is 12.6. The summed E-state index contributed by atoms with van der Waals surface area (Å²) in [4.78, 5) is 2.28. The maximum absolute atomic E-state index is 7.03. The van der Waals surface area contributed by atoms with E-state index >= 15 is 0 Å². The number of furan rings is 2. The molecular formula is C72H44BNO3. The molecule has 1 aliphatic heterocycles. The van der Waals surface area contributed by atoms with Gasteiger partial charge in [-0.05, 0) is 121 Å². The zero-order valence-corrected chi connectivity index (χ0v) is 41.7. The van der Waals surface area contributed by atoms with Crippen molar-refractivity contribution in [2.45, 2.75) is 0 Å². The molecule has 0 unspecified atom stereocenters. The number of rotatable bonds is 8. The lowest BCUT2D eigenvalue weighted by Crippen LogP contribution is -2.52. The lowest BCUT2D eigenvalue weighted by atomic mass is 9.35. The summed E-state index contributed by atoms with van der Waals surface area (Å²) in [5.41, 5.74) is 17.0. The number of nitrogens with zero attached hydrogens (tertiary/aromatic N) is 1. The Balaban J connectivity index is 0.837. The lowest BCUT2D eigenvalue weighted by molar-refractivity contribution is 0.487. The minimum Gasteiger partial charge on any atom is -0.457 e. The van der Waals surface area contributed by atoms with Crippen LogP contribution >= 0.6 is 0 Å². The highest BCUT2D eigenvalue weighted by atomic mass is 16.5. The molecule has 15 aromatic rings. The number of hydrogen-bond donors (Lipinski definition) is 0. The van der Waals surface area contributed by atoms with E-state index in [1.165, 1.54) is 49.2 Å². The summed E-state index contributed by atoms with van der Waals surface area (Å²) in [5, 5.41) is 11.5. The molecule has 3 heterocycles. The highest BCUT2D eigenvalue weighted by Crippen LogP contribution is 2.52. The van der Waals surface area contributed by atoms with Crippen LogP contribution in [0.1, 0.15) is 0 Å². The molecule has 0 atom stereocenters. The van der Waals surface area contributed by atoms with Crippen molar-refractivity contribution in [3.8, 4) is 44.9 Å². The summed E-state index contributed by atoms with van der Waals surface area (Å²) in [6.45, 7) is -0.115. The molecule has 2 aromatic heterocycles. The second-order valence-corrected chi connectivity index (χ2v) is 20.2. The minimum absolute atomic E-state index is 0.115. The molecule has 0 saturated carbocycles. The fourth-order valence-corrected chi connectivity index (χ4v) is 12.6. The van der Waals surface area contributed by atoms with Crippen molar-refractivity contribution in [2.75, 3.05) is 4.90 Å². The van der Waals surface area contributed by atoms with Gasteiger partial charge in [0.25, 0.3) is 0 Å². The van der Waals surface area contributed by atoms with Crippen molar-refractivity contribution in [1.82, 2.24) is 0 Å². The first kappa shape index (κ1) is 43.3. The van der Waals surface area contributed by atoms with Crippen LogP contribution in [0.15, 0.2) is 276 Å². The highest BCUT2D eigenvalue weighted by Gasteiger charge is 2.30. The van der Waals surface area contributed by atoms with E-state index in [2.05, 4.69) is 254 Å². The van der Waals surface area contributed by atoms with Gasteiger partial charge in [-0.25, -0.2) is 0 Å². The quantitative estimate of drug-likeness (QED) is 0.112. The standard InChI is InChI=1S/C72H44BNO3/c1-3-18-45(19-4-1)50-22-9-12-30-63(50)73(64-31-15-28-57-53-25-10-13-33-66(53)76-71(57)64)47-38-36-46(37-39-47)59-43-61-56-27-17-35-68-70(56)62(44-60(61)52-24-8-7-23-51(52)59)55-41-40-49(42-69(55)75-68)74(48-20-5-2-6-21-48)65-32-16-29-58-54-26-11-14-34-67(54)77-72(58)65/h1-44H. The van der Waals surface area contributed by atoms with E-state index in [4.69, 9.17) is 13.6 Å². The van der Waals surface area contributed by atoms with Crippen LogP contribution in [0.25, 0.3) is 110 Å². The summed E-state index contributed by atoms with van der Waals surface area (Å²) in [7, 11) is 0. The number of fused-ring (bicyclic) bond motifs is 12. The monoisotopic (exact) mass is 981 g/mol. The molecule has 0 aliphatic carbocycles. The number of anilines is 3. The molecule has 0 spiro atoms. The minimum atomic E-state index is -0.115. The van der Waals surface area contributed by atoms with E-state index in [0.717, 1.165) is 105 Å². The molecule has 0 bridgehead atoms. The smallest absolute Gasteiger partial charge is 0.246 e. The first-order valence-electron chi connectivity index (χ1n) is 26.3. The van der Waals surface area contributed by atoms with Crippen LogP contribution in [0.2, 0.25) is 0 Å². The third-order valence-electron chi connectivity index (χ3n) is 16.0. The molecule has 4 nitrogen and oxygen atoms in total. The van der Waals surface area contributed by atoms with Crippen LogP contribution < -0.4 is 26.0 Å². The van der Waals surface area contributed by atoms with Gasteiger partial charge in [-0.2, -0.15) is 0 Å². The van der Waals surface area contributed by atoms with Crippen molar-refractivity contribution in [3.63, 3.8) is 0 Å². The molecule has 0 N–H and O–H groups in total. The number of hydrogen-bond acceptors (Lipinski definition) is 4. The lowest BCUT2D eigenvalue weighted by Gasteiger charge is -2.28. The first-order chi connectivity index (χ1) is 38.2. The van der Waals surface area contributed by atoms with E-state index in [-0.39, 0.29) is 6.71 Å². The van der Waals surface area contributed by atoms with Crippen LogP contribution in [0, 0.1) is 0 Å². The Morgan fingerprint density at radius 1 is 0.299 bits per heavy atom. The zero-order chi connectivity index (χ0) is 50.6. The Hall–Kier alpha value is -10.1. The van der Waals surface area contributed by atoms with Crippen molar-refractivity contribution in [2.24, 2.45) is 0 Å². The third-order valence-corrected chi connectivity index (χ3v) is 16.0. The van der Waals surface area contributed by atoms with Gasteiger partial charge < -0.3 is 18.5 Å². The number of benzene rings is 13. The molecule has 0 saturated heterocycles. The molecule has 77 heavy (non-hydrogen) atoms. The summed E-state index contributed by atoms with van der Waals surface area (Å²) in [6.07, 6.45) is 0. The van der Waals surface area contributed by atoms with Gasteiger partial charge in [-0.3, -0.25) is 0 Å². The summed E-state index contributed by atoms with van der Waals surface area (Å²) in [5.74, 6) is 1.65. The Morgan fingerprint density at radius 2 is 0.870 bits per heavy atom. The van der Waals surface area contributed by atoms with Crippen LogP contribution in [0.3, 0.4) is 0 Å². The first-order valence-corrected chi connectivity index (χ1v) is 26.3. The van der Waals surface area contributed by atoms with Gasteiger partial charge in [0.2, 0.25) is 6.71 Å². The van der Waals surface area contributed by atoms with E-state index in [0.29, 0.717) is 0 Å². The Morgan fingerprint density at radius 3 is 1.66 bits per heavy atom. The zero-order valence-electron chi connectivity index (χ0n) is 41.7. The molecule has 358 valence electrons. The van der Waals surface area contributed by atoms with Crippen molar-refractivity contribution >= 4 is 116 Å². The average molecular weight is 982 g/mol. The molecule has 16 rings (SSSR count). The van der Waals surface area contributed by atoms with Crippen molar-refractivity contribution in [3.05, 3.63) is 267 Å². The van der Waals surface area contributed by atoms with Gasteiger partial charge in [0.15, 0.2) is 5.58 Å². The van der Waals surface area contributed by atoms with Crippen molar-refractivity contribution in [1.29, 1.82) is 0 Å². The topological polar surface area (TPSA) is 38.8 Å². The Labute approximate surface area is 444 Å². The van der Waals surface area contributed by atoms with Crippen LogP contribution in [0.5, 0.6) is 11.5 Å². The highest BCUT2D eigenvalue weighted by molar-refractivity contribution is 6.97. The third kappa shape index (κ3) is 6.80. The predicted molar refractivity (Wildman–Crippen MR) is 322 cm³/mol. The molecule has 0 radical (unpaired) electrons. The van der Waals surface area contributed by atoms with Gasteiger partial charge >= 0.3 is 0 Å². The predicted octanol–water partition coefficient (Wildman–Crippen LogP) is 18.0. The fraction of sp³-hybridized carbons (Fsp3) is 0. The molecular weight excluding hydrogens is 938 g/mol. The Kier molecular flexibility index (Phi) is 9.70. The van der Waals surface area contributed by atoms with E-state index in [1.807, 2.05) is 18.2 Å². The van der Waals surface area contributed by atoms with Crippen LogP contribution in [-0.2, 0) is 0 Å². The van der Waals surface area contributed by atoms with E-state index in [1.54, 1.807) is 0 Å². The second-order valence-electron chi connectivity index (χ2n) is 20.2. The van der Waals surface area contributed by atoms with Crippen LogP contribution in [-0.4, -0.2) is 6.71 Å². The van der Waals surface area contributed by atoms with Gasteiger partial charge in [-0.1, -0.05) is 211 Å². The number of ether oxygens (including phenoxy) is 1.